The average molecular weight is 392 g/mol. The molecule has 0 fully saturated rings. The van der Waals surface area contributed by atoms with Crippen LogP contribution in [0.2, 0.25) is 0 Å². The van der Waals surface area contributed by atoms with E-state index in [4.69, 9.17) is 10.00 Å². The Morgan fingerprint density at radius 1 is 1.04 bits per heavy atom. The molecule has 3 aromatic rings. The summed E-state index contributed by atoms with van der Waals surface area (Å²) >= 11 is 1.19. The van der Waals surface area contributed by atoms with E-state index in [0.717, 1.165) is 11.1 Å². The van der Waals surface area contributed by atoms with E-state index < -0.39 is 5.97 Å². The molecule has 1 aromatic heterocycles. The minimum atomic E-state index is -0.496. The van der Waals surface area contributed by atoms with Crippen molar-refractivity contribution in [2.75, 3.05) is 19.0 Å². The van der Waals surface area contributed by atoms with Crippen molar-refractivity contribution >= 4 is 28.9 Å². The molecule has 0 aliphatic rings. The van der Waals surface area contributed by atoms with Gasteiger partial charge in [-0.1, -0.05) is 24.3 Å². The normalized spacial score (nSPS) is 10.0. The van der Waals surface area contributed by atoms with E-state index in [9.17, 15) is 9.59 Å². The number of rotatable bonds is 6. The number of hydrogen-bond donors (Lipinski definition) is 1. The second-order valence-electron chi connectivity index (χ2n) is 5.71. The lowest BCUT2D eigenvalue weighted by atomic mass is 10.0. The van der Waals surface area contributed by atoms with Crippen LogP contribution >= 0.6 is 11.3 Å². The molecule has 0 radical (unpaired) electrons. The van der Waals surface area contributed by atoms with Gasteiger partial charge in [-0.05, 0) is 46.8 Å². The standard InChI is InChI=1S/C21H16N2O4S/c1-26-21(25)20-18(10-11-28-20)23-19(24)13-27-17-8-6-16(7-9-17)15-4-2-14(12-22)3-5-15/h2-11H,13H2,1H3,(H,23,24). The van der Waals surface area contributed by atoms with Gasteiger partial charge in [0.25, 0.3) is 5.91 Å². The highest BCUT2D eigenvalue weighted by Gasteiger charge is 2.15. The predicted octanol–water partition coefficient (Wildman–Crippen LogP) is 4.09. The van der Waals surface area contributed by atoms with Gasteiger partial charge in [-0.3, -0.25) is 4.79 Å². The van der Waals surface area contributed by atoms with E-state index in [0.29, 0.717) is 21.9 Å². The number of hydrogen-bond acceptors (Lipinski definition) is 6. The van der Waals surface area contributed by atoms with Crippen LogP contribution in [0.4, 0.5) is 5.69 Å². The van der Waals surface area contributed by atoms with E-state index in [1.54, 1.807) is 35.7 Å². The Morgan fingerprint density at radius 2 is 1.68 bits per heavy atom. The lowest BCUT2D eigenvalue weighted by Crippen LogP contribution is -2.21. The van der Waals surface area contributed by atoms with Crippen molar-refractivity contribution in [2.24, 2.45) is 0 Å². The zero-order valence-corrected chi connectivity index (χ0v) is 15.8. The lowest BCUT2D eigenvalue weighted by molar-refractivity contribution is -0.118. The Labute approximate surface area is 166 Å². The fourth-order valence-corrected chi connectivity index (χ4v) is 3.24. The minimum Gasteiger partial charge on any atom is -0.484 e. The number of thiophene rings is 1. The highest BCUT2D eigenvalue weighted by atomic mass is 32.1. The third-order valence-electron chi connectivity index (χ3n) is 3.88. The summed E-state index contributed by atoms with van der Waals surface area (Å²) in [6.45, 7) is -0.188. The van der Waals surface area contributed by atoms with Gasteiger partial charge in [-0.15, -0.1) is 11.3 Å². The van der Waals surface area contributed by atoms with Crippen LogP contribution in [-0.4, -0.2) is 25.6 Å². The molecule has 0 atom stereocenters. The van der Waals surface area contributed by atoms with Crippen LogP contribution in [0.1, 0.15) is 15.2 Å². The predicted molar refractivity (Wildman–Crippen MR) is 106 cm³/mol. The Hall–Kier alpha value is -3.63. The third kappa shape index (κ3) is 4.55. The van der Waals surface area contributed by atoms with Crippen molar-refractivity contribution in [2.45, 2.75) is 0 Å². The number of anilines is 1. The summed E-state index contributed by atoms with van der Waals surface area (Å²) in [5, 5.41) is 13.2. The van der Waals surface area contributed by atoms with Crippen LogP contribution in [0.15, 0.2) is 60.0 Å². The first-order chi connectivity index (χ1) is 13.6. The first kappa shape index (κ1) is 19.1. The number of nitrogens with one attached hydrogen (secondary N) is 1. The van der Waals surface area contributed by atoms with Crippen LogP contribution in [0, 0.1) is 11.3 Å². The van der Waals surface area contributed by atoms with Crippen molar-refractivity contribution in [1.29, 1.82) is 5.26 Å². The van der Waals surface area contributed by atoms with E-state index >= 15 is 0 Å². The van der Waals surface area contributed by atoms with Gasteiger partial charge >= 0.3 is 5.97 Å². The fraction of sp³-hybridized carbons (Fsp3) is 0.0952. The average Bonchev–Trinajstić information content (AvgIpc) is 3.20. The van der Waals surface area contributed by atoms with Gasteiger partial charge in [-0.2, -0.15) is 5.26 Å². The molecule has 0 unspecified atom stereocenters. The SMILES string of the molecule is COC(=O)c1sccc1NC(=O)COc1ccc(-c2ccc(C#N)cc2)cc1. The summed E-state index contributed by atoms with van der Waals surface area (Å²) in [6.07, 6.45) is 0. The van der Waals surface area contributed by atoms with Crippen molar-refractivity contribution in [3.63, 3.8) is 0 Å². The van der Waals surface area contributed by atoms with Crippen LogP contribution in [0.5, 0.6) is 5.75 Å². The van der Waals surface area contributed by atoms with E-state index in [1.165, 1.54) is 18.4 Å². The molecule has 140 valence electrons. The molecule has 0 saturated carbocycles. The molecule has 6 nitrogen and oxygen atoms in total. The van der Waals surface area contributed by atoms with Gasteiger partial charge in [0.15, 0.2) is 6.61 Å². The highest BCUT2D eigenvalue weighted by molar-refractivity contribution is 7.12. The highest BCUT2D eigenvalue weighted by Crippen LogP contribution is 2.24. The summed E-state index contributed by atoms with van der Waals surface area (Å²) in [4.78, 5) is 24.1. The molecule has 0 spiro atoms. The molecular weight excluding hydrogens is 376 g/mol. The molecular formula is C21H16N2O4S. The maximum absolute atomic E-state index is 12.1. The molecule has 1 N–H and O–H groups in total. The number of methoxy groups -OCH3 is 1. The number of nitriles is 1. The van der Waals surface area contributed by atoms with Crippen molar-refractivity contribution < 1.29 is 19.1 Å². The van der Waals surface area contributed by atoms with Crippen molar-refractivity contribution in [1.82, 2.24) is 0 Å². The number of nitrogens with zero attached hydrogens (tertiary/aromatic N) is 1. The minimum absolute atomic E-state index is 0.188. The first-order valence-electron chi connectivity index (χ1n) is 8.30. The Morgan fingerprint density at radius 3 is 2.29 bits per heavy atom. The number of amides is 1. The zero-order valence-electron chi connectivity index (χ0n) is 15.0. The number of carbonyl (C=O) groups excluding carboxylic acids is 2. The maximum atomic E-state index is 12.1. The van der Waals surface area contributed by atoms with Gasteiger partial charge < -0.3 is 14.8 Å². The van der Waals surface area contributed by atoms with Crippen molar-refractivity contribution in [3.8, 4) is 22.9 Å². The lowest BCUT2D eigenvalue weighted by Gasteiger charge is -2.09. The second kappa shape index (κ2) is 8.84. The summed E-state index contributed by atoms with van der Waals surface area (Å²) in [6, 6.07) is 18.3. The molecule has 0 aliphatic carbocycles. The molecule has 3 rings (SSSR count). The second-order valence-corrected chi connectivity index (χ2v) is 6.62. The fourth-order valence-electron chi connectivity index (χ4n) is 2.47. The smallest absolute Gasteiger partial charge is 0.350 e. The van der Waals surface area contributed by atoms with Crippen molar-refractivity contribution in [3.05, 3.63) is 70.4 Å². The monoisotopic (exact) mass is 392 g/mol. The molecule has 1 amide bonds. The number of carbonyl (C=O) groups is 2. The molecule has 28 heavy (non-hydrogen) atoms. The molecule has 0 bridgehead atoms. The van der Waals surface area contributed by atoms with Gasteiger partial charge in [0.2, 0.25) is 0 Å². The van der Waals surface area contributed by atoms with Gasteiger partial charge in [0.05, 0.1) is 24.4 Å². The molecule has 1 heterocycles. The van der Waals surface area contributed by atoms with E-state index in [-0.39, 0.29) is 12.5 Å². The largest absolute Gasteiger partial charge is 0.484 e. The third-order valence-corrected chi connectivity index (χ3v) is 4.78. The molecule has 2 aromatic carbocycles. The first-order valence-corrected chi connectivity index (χ1v) is 9.17. The summed E-state index contributed by atoms with van der Waals surface area (Å²) in [7, 11) is 1.29. The molecule has 0 aliphatic heterocycles. The number of benzene rings is 2. The summed E-state index contributed by atoms with van der Waals surface area (Å²) < 4.78 is 10.2. The van der Waals surface area contributed by atoms with Crippen LogP contribution in [0.25, 0.3) is 11.1 Å². The van der Waals surface area contributed by atoms with Gasteiger partial charge in [0, 0.05) is 0 Å². The van der Waals surface area contributed by atoms with Crippen LogP contribution in [-0.2, 0) is 9.53 Å². The van der Waals surface area contributed by atoms with Crippen LogP contribution in [0.3, 0.4) is 0 Å². The Kier molecular flexibility index (Phi) is 6.04. The van der Waals surface area contributed by atoms with Gasteiger partial charge in [-0.25, -0.2) is 4.79 Å². The quantitative estimate of drug-likeness (QED) is 0.638. The Bertz CT molecular complexity index is 1020. The number of esters is 1. The van der Waals surface area contributed by atoms with Crippen LogP contribution < -0.4 is 10.1 Å². The van der Waals surface area contributed by atoms with Gasteiger partial charge in [0.1, 0.15) is 10.6 Å². The van der Waals surface area contributed by atoms with E-state index in [2.05, 4.69) is 16.1 Å². The summed E-state index contributed by atoms with van der Waals surface area (Å²) in [5.41, 5.74) is 2.97. The number of ether oxygens (including phenoxy) is 2. The topological polar surface area (TPSA) is 88.4 Å². The molecule has 7 heteroatoms. The van der Waals surface area contributed by atoms with E-state index in [1.807, 2.05) is 24.3 Å². The Balaban J connectivity index is 1.57. The molecule has 0 saturated heterocycles. The summed E-state index contributed by atoms with van der Waals surface area (Å²) in [5.74, 6) is -0.324. The zero-order chi connectivity index (χ0) is 19.9. The maximum Gasteiger partial charge on any atom is 0.350 e.